The molecule has 0 spiro atoms. The summed E-state index contributed by atoms with van der Waals surface area (Å²) in [4.78, 5) is 30.3. The summed E-state index contributed by atoms with van der Waals surface area (Å²) in [7, 11) is 0. The van der Waals surface area contributed by atoms with Crippen LogP contribution in [0.3, 0.4) is 0 Å². The standard InChI is InChI=1S/C18H24N6O2/c1-2-23-9-3-4-16(23)10-20-17(25)18(26)22-15-7-5-14(6-8-15)11-24-13-19-12-21-24/h5-8,12-13,16H,2-4,9-11H2,1H3,(H,20,25)(H,22,26). The minimum atomic E-state index is -0.643. The first-order valence-corrected chi connectivity index (χ1v) is 8.90. The van der Waals surface area contributed by atoms with E-state index in [1.54, 1.807) is 23.1 Å². The Balaban J connectivity index is 1.47. The van der Waals surface area contributed by atoms with E-state index >= 15 is 0 Å². The highest BCUT2D eigenvalue weighted by Gasteiger charge is 2.24. The Hall–Kier alpha value is -2.74. The van der Waals surface area contributed by atoms with Crippen LogP contribution in [0.1, 0.15) is 25.3 Å². The Kier molecular flexibility index (Phi) is 5.96. The lowest BCUT2D eigenvalue weighted by Gasteiger charge is -2.22. The lowest BCUT2D eigenvalue weighted by Crippen LogP contribution is -2.43. The van der Waals surface area contributed by atoms with Crippen molar-refractivity contribution in [3.8, 4) is 0 Å². The minimum Gasteiger partial charge on any atom is -0.346 e. The average Bonchev–Trinajstić information content (AvgIpc) is 3.32. The first-order valence-electron chi connectivity index (χ1n) is 8.90. The number of amides is 2. The number of likely N-dealkylation sites (tertiary alicyclic amines) is 1. The molecule has 1 aliphatic heterocycles. The topological polar surface area (TPSA) is 92.2 Å². The molecule has 2 N–H and O–H groups in total. The number of nitrogens with zero attached hydrogens (tertiary/aromatic N) is 4. The highest BCUT2D eigenvalue weighted by Crippen LogP contribution is 2.15. The van der Waals surface area contributed by atoms with Gasteiger partial charge in [0.05, 0.1) is 6.54 Å². The van der Waals surface area contributed by atoms with Crippen LogP contribution >= 0.6 is 0 Å². The number of likely N-dealkylation sites (N-methyl/N-ethyl adjacent to an activating group) is 1. The molecule has 2 aromatic rings. The molecule has 1 unspecified atom stereocenters. The molecular weight excluding hydrogens is 332 g/mol. The number of hydrogen-bond donors (Lipinski definition) is 2. The average molecular weight is 356 g/mol. The molecule has 8 nitrogen and oxygen atoms in total. The molecule has 26 heavy (non-hydrogen) atoms. The van der Waals surface area contributed by atoms with E-state index in [2.05, 4.69) is 32.5 Å². The molecule has 138 valence electrons. The van der Waals surface area contributed by atoms with E-state index in [0.717, 1.165) is 31.5 Å². The summed E-state index contributed by atoms with van der Waals surface area (Å²) in [5.74, 6) is -1.24. The predicted octanol–water partition coefficient (Wildman–Crippen LogP) is 0.865. The zero-order valence-electron chi connectivity index (χ0n) is 14.9. The Morgan fingerprint density at radius 1 is 1.23 bits per heavy atom. The maximum atomic E-state index is 12.1. The smallest absolute Gasteiger partial charge is 0.313 e. The summed E-state index contributed by atoms with van der Waals surface area (Å²) < 4.78 is 1.71. The van der Waals surface area contributed by atoms with E-state index in [1.807, 2.05) is 12.1 Å². The molecule has 1 saturated heterocycles. The van der Waals surface area contributed by atoms with Crippen LogP contribution in [-0.4, -0.2) is 57.2 Å². The molecule has 1 aromatic carbocycles. The van der Waals surface area contributed by atoms with Crippen molar-refractivity contribution in [3.05, 3.63) is 42.5 Å². The van der Waals surface area contributed by atoms with Gasteiger partial charge in [-0.2, -0.15) is 5.10 Å². The molecule has 1 aliphatic rings. The third kappa shape index (κ3) is 4.66. The molecule has 0 aliphatic carbocycles. The zero-order chi connectivity index (χ0) is 18.4. The third-order valence-corrected chi connectivity index (χ3v) is 4.63. The second kappa shape index (κ2) is 8.57. The van der Waals surface area contributed by atoms with Gasteiger partial charge in [0.25, 0.3) is 0 Å². The van der Waals surface area contributed by atoms with E-state index in [4.69, 9.17) is 0 Å². The summed E-state index contributed by atoms with van der Waals surface area (Å²) in [6.07, 6.45) is 5.33. The van der Waals surface area contributed by atoms with Gasteiger partial charge in [0.1, 0.15) is 12.7 Å². The van der Waals surface area contributed by atoms with Gasteiger partial charge in [0.15, 0.2) is 0 Å². The normalized spacial score (nSPS) is 17.2. The van der Waals surface area contributed by atoms with Crippen molar-refractivity contribution in [2.24, 2.45) is 0 Å². The van der Waals surface area contributed by atoms with Crippen molar-refractivity contribution < 1.29 is 9.59 Å². The number of aromatic nitrogens is 3. The SMILES string of the molecule is CCN1CCCC1CNC(=O)C(=O)Nc1ccc(Cn2cncn2)cc1. The third-order valence-electron chi connectivity index (χ3n) is 4.63. The minimum absolute atomic E-state index is 0.327. The van der Waals surface area contributed by atoms with Gasteiger partial charge in [-0.3, -0.25) is 14.5 Å². The summed E-state index contributed by atoms with van der Waals surface area (Å²) in [6, 6.07) is 7.63. The van der Waals surface area contributed by atoms with E-state index in [9.17, 15) is 9.59 Å². The van der Waals surface area contributed by atoms with Crippen LogP contribution in [0.15, 0.2) is 36.9 Å². The molecular formula is C18H24N6O2. The van der Waals surface area contributed by atoms with Crippen LogP contribution in [0.5, 0.6) is 0 Å². The van der Waals surface area contributed by atoms with Crippen LogP contribution < -0.4 is 10.6 Å². The van der Waals surface area contributed by atoms with Gasteiger partial charge < -0.3 is 10.6 Å². The molecule has 0 radical (unpaired) electrons. The first kappa shape index (κ1) is 18.1. The Bertz CT molecular complexity index is 729. The maximum Gasteiger partial charge on any atom is 0.313 e. The van der Waals surface area contributed by atoms with Crippen molar-refractivity contribution in [2.45, 2.75) is 32.4 Å². The molecule has 3 rings (SSSR count). The molecule has 2 amide bonds. The zero-order valence-corrected chi connectivity index (χ0v) is 14.9. The van der Waals surface area contributed by atoms with Gasteiger partial charge >= 0.3 is 11.8 Å². The van der Waals surface area contributed by atoms with Crippen molar-refractivity contribution in [2.75, 3.05) is 25.0 Å². The molecule has 0 bridgehead atoms. The summed E-state index contributed by atoms with van der Waals surface area (Å²) in [5, 5.41) is 9.42. The van der Waals surface area contributed by atoms with Crippen LogP contribution in [0.25, 0.3) is 0 Å². The number of rotatable bonds is 6. The van der Waals surface area contributed by atoms with Crippen molar-refractivity contribution >= 4 is 17.5 Å². The van der Waals surface area contributed by atoms with Gasteiger partial charge in [-0.25, -0.2) is 9.67 Å². The highest BCUT2D eigenvalue weighted by atomic mass is 16.2. The van der Waals surface area contributed by atoms with Crippen LogP contribution in [-0.2, 0) is 16.1 Å². The molecule has 8 heteroatoms. The van der Waals surface area contributed by atoms with Gasteiger partial charge in [-0.15, -0.1) is 0 Å². The van der Waals surface area contributed by atoms with Crippen LogP contribution in [0.4, 0.5) is 5.69 Å². The number of benzene rings is 1. The molecule has 1 aromatic heterocycles. The van der Waals surface area contributed by atoms with Gasteiger partial charge in [-0.05, 0) is 43.6 Å². The maximum absolute atomic E-state index is 12.1. The van der Waals surface area contributed by atoms with Gasteiger partial charge in [-0.1, -0.05) is 19.1 Å². The Morgan fingerprint density at radius 2 is 2.04 bits per heavy atom. The molecule has 1 fully saturated rings. The van der Waals surface area contributed by atoms with E-state index in [1.165, 1.54) is 6.33 Å². The fourth-order valence-corrected chi connectivity index (χ4v) is 3.22. The molecule has 0 saturated carbocycles. The second-order valence-corrected chi connectivity index (χ2v) is 6.38. The molecule has 2 heterocycles. The van der Waals surface area contributed by atoms with Crippen molar-refractivity contribution in [1.82, 2.24) is 25.0 Å². The monoisotopic (exact) mass is 356 g/mol. The largest absolute Gasteiger partial charge is 0.346 e. The number of nitrogens with one attached hydrogen (secondary N) is 2. The predicted molar refractivity (Wildman–Crippen MR) is 97.5 cm³/mol. The fraction of sp³-hybridized carbons (Fsp3) is 0.444. The first-order chi connectivity index (χ1) is 12.7. The van der Waals surface area contributed by atoms with E-state index < -0.39 is 11.8 Å². The van der Waals surface area contributed by atoms with Gasteiger partial charge in [0.2, 0.25) is 0 Å². The summed E-state index contributed by atoms with van der Waals surface area (Å²) in [5.41, 5.74) is 1.61. The van der Waals surface area contributed by atoms with Crippen molar-refractivity contribution in [1.29, 1.82) is 0 Å². The van der Waals surface area contributed by atoms with Crippen LogP contribution in [0, 0.1) is 0 Å². The second-order valence-electron chi connectivity index (χ2n) is 6.38. The van der Waals surface area contributed by atoms with Crippen LogP contribution in [0.2, 0.25) is 0 Å². The van der Waals surface area contributed by atoms with E-state index in [0.29, 0.717) is 24.8 Å². The Morgan fingerprint density at radius 3 is 2.73 bits per heavy atom. The van der Waals surface area contributed by atoms with Gasteiger partial charge in [0, 0.05) is 18.3 Å². The number of hydrogen-bond acceptors (Lipinski definition) is 5. The molecule has 1 atom stereocenters. The fourth-order valence-electron chi connectivity index (χ4n) is 3.22. The number of carbonyl (C=O) groups is 2. The summed E-state index contributed by atoms with van der Waals surface area (Å²) in [6.45, 7) is 5.25. The van der Waals surface area contributed by atoms with E-state index in [-0.39, 0.29) is 0 Å². The number of anilines is 1. The highest BCUT2D eigenvalue weighted by molar-refractivity contribution is 6.39. The number of carbonyl (C=O) groups excluding carboxylic acids is 2. The lowest BCUT2D eigenvalue weighted by molar-refractivity contribution is -0.136. The quantitative estimate of drug-likeness (QED) is 0.749. The lowest BCUT2D eigenvalue weighted by atomic mass is 10.2. The van der Waals surface area contributed by atoms with Crippen molar-refractivity contribution in [3.63, 3.8) is 0 Å². The summed E-state index contributed by atoms with van der Waals surface area (Å²) >= 11 is 0. The Labute approximate surface area is 152 Å².